The molecule has 3 heterocycles. The van der Waals surface area contributed by atoms with E-state index < -0.39 is 75.1 Å². The highest BCUT2D eigenvalue weighted by atomic mass is 31.2. The Balaban J connectivity index is 1.86. The van der Waals surface area contributed by atoms with Crippen LogP contribution >= 0.6 is 7.82 Å². The Hall–Kier alpha value is -3.56. The van der Waals surface area contributed by atoms with Gasteiger partial charge in [-0.2, -0.15) is 10.4 Å². The summed E-state index contributed by atoms with van der Waals surface area (Å²) in [5.41, 5.74) is 0.256. The number of carbonyl (C=O) groups is 2. The van der Waals surface area contributed by atoms with Crippen LogP contribution in [-0.4, -0.2) is 96.7 Å². The zero-order chi connectivity index (χ0) is 31.7. The highest BCUT2D eigenvalue weighted by molar-refractivity contribution is 7.48. The first-order valence-corrected chi connectivity index (χ1v) is 13.2. The Bertz CT molecular complexity index is 1390. The second kappa shape index (κ2) is 11.7. The molecule has 1 aliphatic heterocycles. The Kier molecular flexibility index (Phi) is 8.70. The summed E-state index contributed by atoms with van der Waals surface area (Å²) in [4.78, 5) is 25.7. The molecule has 19 heteroatoms. The number of aliphatic hydroxyl groups excluding tert-OH is 2. The molecule has 1 fully saturated rings. The molecule has 41 heavy (non-hydrogen) atoms. The van der Waals surface area contributed by atoms with E-state index in [1.807, 2.05) is 0 Å². The van der Waals surface area contributed by atoms with Gasteiger partial charge in [0.1, 0.15) is 47.4 Å². The lowest BCUT2D eigenvalue weighted by molar-refractivity contribution is -0.0733. The molecule has 2 aromatic rings. The number of rotatable bonds is 12. The molecule has 0 spiro atoms. The number of nitrogen functional groups attached to an aromatic ring is 1. The number of nitriles is 1. The van der Waals surface area contributed by atoms with Crippen molar-refractivity contribution in [2.24, 2.45) is 0 Å². The summed E-state index contributed by atoms with van der Waals surface area (Å²) in [6.07, 6.45) is -7.56. The van der Waals surface area contributed by atoms with Crippen molar-refractivity contribution in [2.45, 2.75) is 62.8 Å². The standard InChI is InChI=1S/C22H30N5O13P/c1-20(2,39-18(30)31)9-36-41(34,37-10-21(3,4)40-19(32)33)35-7-13-15(28)16(29)22(8-23,38-13)14-6-5-12-17(24)25-11-26-27(12)14/h5-6,11,13,15-16,28-29H,7,9-10H2,1-4H3,(H,30,31)(H,32,33)(H2,24,25,26)/t13-,15-,16-,22+/m1/s1/i5D. The van der Waals surface area contributed by atoms with Crippen LogP contribution in [0.3, 0.4) is 0 Å². The van der Waals surface area contributed by atoms with Crippen LogP contribution in [-0.2, 0) is 37.9 Å². The molecule has 0 aromatic carbocycles. The number of hydrogen-bond acceptors (Lipinski definition) is 15. The van der Waals surface area contributed by atoms with Gasteiger partial charge in [-0.3, -0.25) is 13.6 Å². The van der Waals surface area contributed by atoms with Crippen LogP contribution < -0.4 is 5.73 Å². The van der Waals surface area contributed by atoms with E-state index >= 15 is 0 Å². The normalized spacial score (nSPS) is 23.6. The van der Waals surface area contributed by atoms with Gasteiger partial charge >= 0.3 is 20.1 Å². The van der Waals surface area contributed by atoms with Gasteiger partial charge in [0.05, 0.1) is 26.9 Å². The van der Waals surface area contributed by atoms with Gasteiger partial charge in [0.15, 0.2) is 5.82 Å². The second-order valence-electron chi connectivity index (χ2n) is 10.1. The summed E-state index contributed by atoms with van der Waals surface area (Å²) < 4.78 is 53.7. The lowest BCUT2D eigenvalue weighted by Gasteiger charge is -2.29. The van der Waals surface area contributed by atoms with E-state index in [2.05, 4.69) is 19.6 Å². The van der Waals surface area contributed by atoms with Crippen LogP contribution in [0.1, 0.15) is 34.8 Å². The number of nitrogens with two attached hydrogens (primary N) is 1. The molecule has 0 amide bonds. The van der Waals surface area contributed by atoms with Gasteiger partial charge in [0, 0.05) is 0 Å². The second-order valence-corrected chi connectivity index (χ2v) is 11.7. The smallest absolute Gasteiger partial charge is 0.450 e. The van der Waals surface area contributed by atoms with Crippen LogP contribution in [0.2, 0.25) is 0 Å². The van der Waals surface area contributed by atoms with Crippen LogP contribution in [0.4, 0.5) is 15.4 Å². The lowest BCUT2D eigenvalue weighted by atomic mass is 9.92. The van der Waals surface area contributed by atoms with Crippen molar-refractivity contribution in [1.29, 1.82) is 5.26 Å². The van der Waals surface area contributed by atoms with E-state index in [4.69, 9.17) is 35.6 Å². The molecule has 18 nitrogen and oxygen atoms in total. The molecule has 1 saturated heterocycles. The zero-order valence-electron chi connectivity index (χ0n) is 23.3. The highest BCUT2D eigenvalue weighted by Crippen LogP contribution is 2.52. The number of nitrogens with zero attached hydrogens (tertiary/aromatic N) is 4. The molecule has 0 unspecified atom stereocenters. The van der Waals surface area contributed by atoms with Gasteiger partial charge in [-0.25, -0.2) is 23.7 Å². The lowest BCUT2D eigenvalue weighted by Crippen LogP contribution is -2.41. The van der Waals surface area contributed by atoms with E-state index in [9.17, 15) is 29.6 Å². The Morgan fingerprint density at radius 1 is 1.20 bits per heavy atom. The molecule has 226 valence electrons. The molecule has 4 atom stereocenters. The fourth-order valence-electron chi connectivity index (χ4n) is 3.74. The van der Waals surface area contributed by atoms with Crippen LogP contribution in [0.5, 0.6) is 0 Å². The quantitative estimate of drug-likeness (QED) is 0.168. The van der Waals surface area contributed by atoms with Gasteiger partial charge in [0.25, 0.3) is 0 Å². The molecular formula is C22H30N5O13P. The van der Waals surface area contributed by atoms with E-state index in [1.165, 1.54) is 27.7 Å². The van der Waals surface area contributed by atoms with E-state index in [1.54, 1.807) is 6.07 Å². The van der Waals surface area contributed by atoms with E-state index in [0.29, 0.717) is 0 Å². The predicted octanol–water partition coefficient (Wildman–Crippen LogP) is 1.26. The maximum Gasteiger partial charge on any atom is 0.506 e. The summed E-state index contributed by atoms with van der Waals surface area (Å²) in [5, 5.41) is 53.6. The molecule has 2 aromatic heterocycles. The molecule has 0 aliphatic carbocycles. The molecule has 0 radical (unpaired) electrons. The van der Waals surface area contributed by atoms with Crippen molar-refractivity contribution < 1.29 is 63.7 Å². The van der Waals surface area contributed by atoms with Crippen LogP contribution in [0, 0.1) is 11.3 Å². The fraction of sp³-hybridized carbons (Fsp3) is 0.591. The number of hydrogen-bond donors (Lipinski definition) is 5. The van der Waals surface area contributed by atoms with Crippen molar-refractivity contribution in [3.63, 3.8) is 0 Å². The van der Waals surface area contributed by atoms with Crippen molar-refractivity contribution in [2.75, 3.05) is 25.6 Å². The topological polar surface area (TPSA) is 268 Å². The number of aromatic nitrogens is 3. The SMILES string of the molecule is [2H]c1cc([C@]2(C#N)O[C@H](COP(=O)(OCC(C)(C)OC(=O)O)OCC(C)(C)OC(=O)O)[C@@H](O)[C@H]2O)n2ncnc(N)c12. The molecule has 0 saturated carbocycles. The van der Waals surface area contributed by atoms with E-state index in [0.717, 1.165) is 16.9 Å². The fourth-order valence-corrected chi connectivity index (χ4v) is 5.23. The average molecular weight is 604 g/mol. The number of phosphoric ester groups is 1. The molecule has 0 bridgehead atoms. The van der Waals surface area contributed by atoms with Gasteiger partial charge in [0.2, 0.25) is 5.60 Å². The minimum atomic E-state index is -4.74. The maximum absolute atomic E-state index is 13.5. The van der Waals surface area contributed by atoms with Gasteiger partial charge in [-0.05, 0) is 39.8 Å². The number of phosphoric acid groups is 1. The summed E-state index contributed by atoms with van der Waals surface area (Å²) >= 11 is 0. The van der Waals surface area contributed by atoms with Crippen molar-refractivity contribution in [3.05, 3.63) is 24.1 Å². The number of ether oxygens (including phenoxy) is 3. The summed E-state index contributed by atoms with van der Waals surface area (Å²) in [6.45, 7) is 3.02. The minimum Gasteiger partial charge on any atom is -0.450 e. The first-order valence-electron chi connectivity index (χ1n) is 12.3. The molecule has 3 rings (SSSR count). The third kappa shape index (κ3) is 7.21. The summed E-state index contributed by atoms with van der Waals surface area (Å²) in [7, 11) is -4.74. The van der Waals surface area contributed by atoms with Gasteiger partial charge in [-0.15, -0.1) is 0 Å². The number of aliphatic hydroxyl groups is 2. The zero-order valence-corrected chi connectivity index (χ0v) is 23.2. The average Bonchev–Trinajstić information content (AvgIpc) is 3.34. The maximum atomic E-state index is 13.5. The van der Waals surface area contributed by atoms with Crippen LogP contribution in [0.15, 0.2) is 18.4 Å². The number of carboxylic acid groups (broad SMARTS) is 2. The number of fused-ring (bicyclic) bond motifs is 1. The Labute approximate surface area is 234 Å². The molecular weight excluding hydrogens is 573 g/mol. The predicted molar refractivity (Wildman–Crippen MR) is 133 cm³/mol. The van der Waals surface area contributed by atoms with Crippen LogP contribution in [0.25, 0.3) is 5.52 Å². The first-order chi connectivity index (χ1) is 19.4. The monoisotopic (exact) mass is 604 g/mol. The largest absolute Gasteiger partial charge is 0.506 e. The Morgan fingerprint density at radius 2 is 1.76 bits per heavy atom. The first kappa shape index (κ1) is 30.4. The minimum absolute atomic E-state index is 0.0100. The summed E-state index contributed by atoms with van der Waals surface area (Å²) in [6, 6.07) is 2.73. The molecule has 1 aliphatic rings. The Morgan fingerprint density at radius 3 is 2.27 bits per heavy atom. The van der Waals surface area contributed by atoms with Crippen molar-refractivity contribution in [1.82, 2.24) is 14.6 Å². The third-order valence-electron chi connectivity index (χ3n) is 5.66. The number of anilines is 1. The van der Waals surface area contributed by atoms with Gasteiger partial charge in [-0.1, -0.05) is 0 Å². The third-order valence-corrected chi connectivity index (χ3v) is 7.02. The summed E-state index contributed by atoms with van der Waals surface area (Å²) in [5.74, 6) is -0.0953. The van der Waals surface area contributed by atoms with Crippen molar-refractivity contribution >= 4 is 31.5 Å². The highest BCUT2D eigenvalue weighted by Gasteiger charge is 2.58. The van der Waals surface area contributed by atoms with Gasteiger partial charge < -0.3 is 40.4 Å². The van der Waals surface area contributed by atoms with E-state index in [-0.39, 0.29) is 23.1 Å². The van der Waals surface area contributed by atoms with Crippen molar-refractivity contribution in [3.8, 4) is 6.07 Å². The molecule has 6 N–H and O–H groups in total.